The molecule has 0 unspecified atom stereocenters. The maximum absolute atomic E-state index is 5.89. The summed E-state index contributed by atoms with van der Waals surface area (Å²) >= 11 is 5.66. The second kappa shape index (κ2) is 11.5. The van der Waals surface area contributed by atoms with E-state index >= 15 is 0 Å². The van der Waals surface area contributed by atoms with Crippen LogP contribution < -0.4 is 4.74 Å². The molecule has 116 valence electrons. The standard InChI is InChI=1S/C19H27ClO/c1-3-4-5-6-7-10-15-21-19-13-12-17(2)16-18(19)11-8-9-14-20/h12-13,16H,3-7,9-10,14-15H2,1-2H3. The third-order valence-electron chi connectivity index (χ3n) is 3.33. The first-order valence-corrected chi connectivity index (χ1v) is 8.59. The maximum Gasteiger partial charge on any atom is 0.134 e. The van der Waals surface area contributed by atoms with Crippen LogP contribution in [0.15, 0.2) is 18.2 Å². The summed E-state index contributed by atoms with van der Waals surface area (Å²) in [6.07, 6.45) is 8.38. The van der Waals surface area contributed by atoms with E-state index in [9.17, 15) is 0 Å². The van der Waals surface area contributed by atoms with Crippen LogP contribution in [0.4, 0.5) is 0 Å². The zero-order valence-corrected chi connectivity index (χ0v) is 14.1. The minimum Gasteiger partial charge on any atom is -0.492 e. The molecule has 0 saturated heterocycles. The predicted octanol–water partition coefficient (Wildman–Crippen LogP) is 5.71. The lowest BCUT2D eigenvalue weighted by Crippen LogP contribution is -1.99. The van der Waals surface area contributed by atoms with Gasteiger partial charge >= 0.3 is 0 Å². The van der Waals surface area contributed by atoms with Crippen LogP contribution in [-0.4, -0.2) is 12.5 Å². The van der Waals surface area contributed by atoms with Crippen LogP contribution in [0.1, 0.15) is 63.0 Å². The van der Waals surface area contributed by atoms with Crippen molar-refractivity contribution < 1.29 is 4.74 Å². The van der Waals surface area contributed by atoms with E-state index in [0.29, 0.717) is 12.3 Å². The number of hydrogen-bond acceptors (Lipinski definition) is 1. The minimum absolute atomic E-state index is 0.576. The van der Waals surface area contributed by atoms with Gasteiger partial charge < -0.3 is 4.74 Å². The molecule has 0 radical (unpaired) electrons. The second-order valence-electron chi connectivity index (χ2n) is 5.36. The lowest BCUT2D eigenvalue weighted by atomic mass is 10.1. The molecule has 0 amide bonds. The van der Waals surface area contributed by atoms with Crippen LogP contribution in [-0.2, 0) is 0 Å². The smallest absolute Gasteiger partial charge is 0.134 e. The normalized spacial score (nSPS) is 10.0. The van der Waals surface area contributed by atoms with Crippen LogP contribution in [0.3, 0.4) is 0 Å². The Bertz CT molecular complexity index is 456. The Morgan fingerprint density at radius 1 is 1.10 bits per heavy atom. The molecule has 1 nitrogen and oxygen atoms in total. The molecule has 1 rings (SSSR count). The maximum atomic E-state index is 5.89. The highest BCUT2D eigenvalue weighted by atomic mass is 35.5. The van der Waals surface area contributed by atoms with Crippen molar-refractivity contribution >= 4 is 11.6 Å². The summed E-state index contributed by atoms with van der Waals surface area (Å²) in [7, 11) is 0. The number of alkyl halides is 1. The zero-order valence-electron chi connectivity index (χ0n) is 13.4. The van der Waals surface area contributed by atoms with Crippen LogP contribution in [0.25, 0.3) is 0 Å². The highest BCUT2D eigenvalue weighted by molar-refractivity contribution is 6.18. The largest absolute Gasteiger partial charge is 0.492 e. The number of hydrogen-bond donors (Lipinski definition) is 0. The fourth-order valence-electron chi connectivity index (χ4n) is 2.14. The van der Waals surface area contributed by atoms with Gasteiger partial charge in [0.05, 0.1) is 12.2 Å². The minimum atomic E-state index is 0.576. The van der Waals surface area contributed by atoms with Gasteiger partial charge in [0, 0.05) is 12.3 Å². The molecule has 0 aliphatic carbocycles. The van der Waals surface area contributed by atoms with Gasteiger partial charge in [-0.05, 0) is 31.0 Å². The number of unbranched alkanes of at least 4 members (excludes halogenated alkanes) is 5. The Labute approximate surface area is 135 Å². The number of rotatable bonds is 9. The number of benzene rings is 1. The van der Waals surface area contributed by atoms with Crippen molar-refractivity contribution in [3.63, 3.8) is 0 Å². The van der Waals surface area contributed by atoms with Gasteiger partial charge in [-0.3, -0.25) is 0 Å². The lowest BCUT2D eigenvalue weighted by molar-refractivity contribution is 0.303. The second-order valence-corrected chi connectivity index (χ2v) is 5.73. The Morgan fingerprint density at radius 3 is 2.62 bits per heavy atom. The molecule has 0 aliphatic rings. The molecule has 0 N–H and O–H groups in total. The Morgan fingerprint density at radius 2 is 1.86 bits per heavy atom. The van der Waals surface area contributed by atoms with Crippen LogP contribution in [0.5, 0.6) is 5.75 Å². The summed E-state index contributed by atoms with van der Waals surface area (Å²) in [4.78, 5) is 0. The summed E-state index contributed by atoms with van der Waals surface area (Å²) in [5, 5.41) is 0. The van der Waals surface area contributed by atoms with Gasteiger partial charge in [-0.15, -0.1) is 11.6 Å². The van der Waals surface area contributed by atoms with Crippen LogP contribution in [0, 0.1) is 18.8 Å². The lowest BCUT2D eigenvalue weighted by Gasteiger charge is -2.09. The number of ether oxygens (including phenoxy) is 1. The molecule has 0 bridgehead atoms. The fraction of sp³-hybridized carbons (Fsp3) is 0.579. The summed E-state index contributed by atoms with van der Waals surface area (Å²) in [5.74, 6) is 7.72. The van der Waals surface area contributed by atoms with Gasteiger partial charge in [-0.2, -0.15) is 0 Å². The molecular formula is C19H27ClO. The van der Waals surface area contributed by atoms with Gasteiger partial charge in [0.2, 0.25) is 0 Å². The molecule has 0 saturated carbocycles. The molecule has 0 heterocycles. The van der Waals surface area contributed by atoms with Crippen molar-refractivity contribution in [3.8, 4) is 17.6 Å². The Kier molecular flexibility index (Phi) is 9.83. The SMILES string of the molecule is CCCCCCCCOc1ccc(C)cc1C#CCCCl. The third kappa shape index (κ3) is 8.02. The summed E-state index contributed by atoms with van der Waals surface area (Å²) in [6.45, 7) is 5.09. The monoisotopic (exact) mass is 306 g/mol. The quantitative estimate of drug-likeness (QED) is 0.322. The molecule has 0 spiro atoms. The zero-order chi connectivity index (χ0) is 15.3. The average molecular weight is 307 g/mol. The van der Waals surface area contributed by atoms with Crippen molar-refractivity contribution in [1.29, 1.82) is 0 Å². The molecule has 2 heteroatoms. The van der Waals surface area contributed by atoms with E-state index in [1.54, 1.807) is 0 Å². The van der Waals surface area contributed by atoms with E-state index in [-0.39, 0.29) is 0 Å². The van der Waals surface area contributed by atoms with Crippen molar-refractivity contribution in [2.45, 2.75) is 58.8 Å². The van der Waals surface area contributed by atoms with E-state index in [2.05, 4.69) is 37.8 Å². The summed E-state index contributed by atoms with van der Waals surface area (Å²) < 4.78 is 5.89. The molecule has 0 fully saturated rings. The van der Waals surface area contributed by atoms with Crippen molar-refractivity contribution in [1.82, 2.24) is 0 Å². The molecule has 1 aromatic rings. The number of halogens is 1. The number of aryl methyl sites for hydroxylation is 1. The van der Waals surface area contributed by atoms with Crippen molar-refractivity contribution in [3.05, 3.63) is 29.3 Å². The third-order valence-corrected chi connectivity index (χ3v) is 3.52. The van der Waals surface area contributed by atoms with Crippen molar-refractivity contribution in [2.75, 3.05) is 12.5 Å². The summed E-state index contributed by atoms with van der Waals surface area (Å²) in [5.41, 5.74) is 2.18. The molecule has 21 heavy (non-hydrogen) atoms. The van der Waals surface area contributed by atoms with E-state index in [0.717, 1.165) is 24.3 Å². The predicted molar refractivity (Wildman–Crippen MR) is 92.3 cm³/mol. The molecular weight excluding hydrogens is 280 g/mol. The van der Waals surface area contributed by atoms with Crippen LogP contribution >= 0.6 is 11.6 Å². The van der Waals surface area contributed by atoms with E-state index < -0.39 is 0 Å². The van der Waals surface area contributed by atoms with E-state index in [4.69, 9.17) is 16.3 Å². The van der Waals surface area contributed by atoms with E-state index in [1.807, 2.05) is 6.07 Å². The topological polar surface area (TPSA) is 9.23 Å². The molecule has 1 aromatic carbocycles. The van der Waals surface area contributed by atoms with Gasteiger partial charge in [-0.1, -0.05) is 56.9 Å². The Balaban J connectivity index is 2.42. The molecule has 0 atom stereocenters. The van der Waals surface area contributed by atoms with Crippen molar-refractivity contribution in [2.24, 2.45) is 0 Å². The summed E-state index contributed by atoms with van der Waals surface area (Å²) in [6, 6.07) is 6.18. The van der Waals surface area contributed by atoms with Crippen LogP contribution in [0.2, 0.25) is 0 Å². The fourth-order valence-corrected chi connectivity index (χ4v) is 2.23. The van der Waals surface area contributed by atoms with Gasteiger partial charge in [0.25, 0.3) is 0 Å². The Hall–Kier alpha value is -1.13. The van der Waals surface area contributed by atoms with E-state index in [1.165, 1.54) is 37.7 Å². The first-order chi connectivity index (χ1) is 10.3. The molecule has 0 aliphatic heterocycles. The highest BCUT2D eigenvalue weighted by Gasteiger charge is 2.01. The van der Waals surface area contributed by atoms with Gasteiger partial charge in [-0.25, -0.2) is 0 Å². The van der Waals surface area contributed by atoms with Gasteiger partial charge in [0.1, 0.15) is 5.75 Å². The average Bonchev–Trinajstić information content (AvgIpc) is 2.48. The molecule has 0 aromatic heterocycles. The first-order valence-electron chi connectivity index (χ1n) is 8.06. The van der Waals surface area contributed by atoms with Gasteiger partial charge in [0.15, 0.2) is 0 Å². The first kappa shape index (κ1) is 17.9. The highest BCUT2D eigenvalue weighted by Crippen LogP contribution is 2.19.